The Morgan fingerprint density at radius 2 is 1.90 bits per heavy atom. The van der Waals surface area contributed by atoms with Crippen LogP contribution >= 0.6 is 11.8 Å². The maximum atomic E-state index is 14.0. The molecule has 0 saturated carbocycles. The van der Waals surface area contributed by atoms with E-state index in [0.29, 0.717) is 43.5 Å². The van der Waals surface area contributed by atoms with E-state index in [-0.39, 0.29) is 16.2 Å². The highest BCUT2D eigenvalue weighted by Crippen LogP contribution is 2.30. The number of halogens is 2. The number of aromatic nitrogens is 2. The molecule has 166 valence electrons. The molecular weight excluding hydrogens is 444 g/mol. The number of thioether (sulfide) groups is 1. The summed E-state index contributed by atoms with van der Waals surface area (Å²) in [6, 6.07) is 8.33. The van der Waals surface area contributed by atoms with E-state index in [4.69, 9.17) is 4.74 Å². The molecule has 1 fully saturated rings. The molecule has 0 atom stereocenters. The van der Waals surface area contributed by atoms with E-state index in [2.05, 4.69) is 4.98 Å². The Balaban J connectivity index is 1.66. The molecule has 0 aliphatic carbocycles. The Morgan fingerprint density at radius 3 is 2.65 bits per heavy atom. The molecule has 0 N–H and O–H groups in total. The molecule has 0 spiro atoms. The number of fused-ring (bicyclic) bond motifs is 1. The van der Waals surface area contributed by atoms with Gasteiger partial charge in [0.2, 0.25) is 10.0 Å². The number of hydrogen-bond donors (Lipinski definition) is 0. The zero-order valence-corrected chi connectivity index (χ0v) is 18.7. The van der Waals surface area contributed by atoms with Crippen molar-refractivity contribution in [1.82, 2.24) is 13.9 Å². The first kappa shape index (κ1) is 22.2. The van der Waals surface area contributed by atoms with Gasteiger partial charge in [-0.2, -0.15) is 4.31 Å². The summed E-state index contributed by atoms with van der Waals surface area (Å²) in [6.07, 6.45) is 0.848. The second-order valence-electron chi connectivity index (χ2n) is 7.24. The second kappa shape index (κ2) is 9.23. The number of hydrogen-bond acceptors (Lipinski definition) is 5. The van der Waals surface area contributed by atoms with Crippen molar-refractivity contribution >= 4 is 32.8 Å². The molecule has 31 heavy (non-hydrogen) atoms. The van der Waals surface area contributed by atoms with Gasteiger partial charge in [0.05, 0.1) is 29.1 Å². The fraction of sp³-hybridized carbons (Fsp3) is 0.381. The number of aryl methyl sites for hydroxylation is 1. The molecule has 0 amide bonds. The van der Waals surface area contributed by atoms with Crippen LogP contribution in [0.15, 0.2) is 46.5 Å². The maximum absolute atomic E-state index is 14.0. The van der Waals surface area contributed by atoms with Crippen LogP contribution in [0.2, 0.25) is 0 Å². The quantitative estimate of drug-likeness (QED) is 0.491. The average Bonchev–Trinajstić information content (AvgIpc) is 3.12. The van der Waals surface area contributed by atoms with Gasteiger partial charge in [0.1, 0.15) is 11.6 Å². The molecule has 2 aromatic carbocycles. The minimum Gasteiger partial charge on any atom is -0.379 e. The summed E-state index contributed by atoms with van der Waals surface area (Å²) in [5, 5.41) is 0.640. The summed E-state index contributed by atoms with van der Waals surface area (Å²) in [5.41, 5.74) is 1.63. The lowest BCUT2D eigenvalue weighted by Crippen LogP contribution is -2.40. The first-order chi connectivity index (χ1) is 14.9. The number of nitrogens with zero attached hydrogens (tertiary/aromatic N) is 3. The maximum Gasteiger partial charge on any atom is 0.243 e. The van der Waals surface area contributed by atoms with Gasteiger partial charge in [-0.3, -0.25) is 0 Å². The van der Waals surface area contributed by atoms with Gasteiger partial charge in [0.25, 0.3) is 0 Å². The molecule has 4 rings (SSSR count). The third kappa shape index (κ3) is 4.62. The number of ether oxygens (including phenoxy) is 1. The molecule has 1 saturated heterocycles. The number of benzene rings is 2. The van der Waals surface area contributed by atoms with Crippen LogP contribution in [0.1, 0.15) is 18.9 Å². The number of sulfonamides is 1. The first-order valence-corrected chi connectivity index (χ1v) is 12.5. The van der Waals surface area contributed by atoms with Crippen LogP contribution in [0.4, 0.5) is 8.78 Å². The summed E-state index contributed by atoms with van der Waals surface area (Å²) in [7, 11) is -3.63. The SMILES string of the molecule is CCCn1c(SCc2cc(F)ccc2F)nc2cc(S(=O)(=O)N3CCOCC3)ccc21. The monoisotopic (exact) mass is 467 g/mol. The van der Waals surface area contributed by atoms with E-state index in [0.717, 1.165) is 24.1 Å². The summed E-state index contributed by atoms with van der Waals surface area (Å²) in [5.74, 6) is -0.738. The number of morpholine rings is 1. The van der Waals surface area contributed by atoms with Crippen LogP contribution in [-0.4, -0.2) is 48.6 Å². The molecule has 3 aromatic rings. The van der Waals surface area contributed by atoms with E-state index in [9.17, 15) is 17.2 Å². The van der Waals surface area contributed by atoms with Crippen LogP contribution in [0, 0.1) is 11.6 Å². The lowest BCUT2D eigenvalue weighted by atomic mass is 10.2. The van der Waals surface area contributed by atoms with Gasteiger partial charge >= 0.3 is 0 Å². The average molecular weight is 468 g/mol. The Labute approximate surface area is 184 Å². The van der Waals surface area contributed by atoms with Crippen LogP contribution in [0.25, 0.3) is 11.0 Å². The van der Waals surface area contributed by atoms with Crippen molar-refractivity contribution in [2.24, 2.45) is 0 Å². The van der Waals surface area contributed by atoms with Crippen LogP contribution in [0.5, 0.6) is 0 Å². The van der Waals surface area contributed by atoms with Gasteiger partial charge in [0.15, 0.2) is 5.16 Å². The number of imidazole rings is 1. The summed E-state index contributed by atoms with van der Waals surface area (Å²) >= 11 is 1.30. The van der Waals surface area contributed by atoms with Crippen molar-refractivity contribution in [3.63, 3.8) is 0 Å². The van der Waals surface area contributed by atoms with E-state index < -0.39 is 21.7 Å². The summed E-state index contributed by atoms with van der Waals surface area (Å²) in [6.45, 7) is 4.12. The van der Waals surface area contributed by atoms with Crippen LogP contribution < -0.4 is 0 Å². The van der Waals surface area contributed by atoms with Crippen molar-refractivity contribution in [3.05, 3.63) is 53.6 Å². The molecule has 10 heteroatoms. The van der Waals surface area contributed by atoms with Crippen LogP contribution in [-0.2, 0) is 27.1 Å². The van der Waals surface area contributed by atoms with E-state index in [1.165, 1.54) is 22.1 Å². The molecule has 0 bridgehead atoms. The fourth-order valence-corrected chi connectivity index (χ4v) is 5.97. The van der Waals surface area contributed by atoms with Gasteiger partial charge in [-0.05, 0) is 42.8 Å². The Morgan fingerprint density at radius 1 is 1.13 bits per heavy atom. The van der Waals surface area contributed by atoms with E-state index >= 15 is 0 Å². The highest BCUT2D eigenvalue weighted by atomic mass is 32.2. The van der Waals surface area contributed by atoms with Crippen molar-refractivity contribution in [1.29, 1.82) is 0 Å². The normalized spacial score (nSPS) is 15.6. The molecule has 1 aliphatic heterocycles. The van der Waals surface area contributed by atoms with Gasteiger partial charge in [-0.15, -0.1) is 0 Å². The molecule has 1 aromatic heterocycles. The predicted octanol–water partition coefficient (Wildman–Crippen LogP) is 4.04. The zero-order chi connectivity index (χ0) is 22.0. The Kier molecular flexibility index (Phi) is 6.61. The highest BCUT2D eigenvalue weighted by molar-refractivity contribution is 7.98. The minimum atomic E-state index is -3.63. The smallest absolute Gasteiger partial charge is 0.243 e. The molecule has 0 unspecified atom stereocenters. The molecule has 6 nitrogen and oxygen atoms in total. The lowest BCUT2D eigenvalue weighted by Gasteiger charge is -2.26. The first-order valence-electron chi connectivity index (χ1n) is 10.0. The van der Waals surface area contributed by atoms with Crippen molar-refractivity contribution in [2.45, 2.75) is 35.7 Å². The fourth-order valence-electron chi connectivity index (χ4n) is 3.53. The summed E-state index contributed by atoms with van der Waals surface area (Å²) in [4.78, 5) is 4.81. The van der Waals surface area contributed by atoms with Crippen molar-refractivity contribution in [2.75, 3.05) is 26.3 Å². The van der Waals surface area contributed by atoms with Gasteiger partial charge < -0.3 is 9.30 Å². The standard InChI is InChI=1S/C21H23F2N3O3S2/c1-2-7-26-20-6-4-17(31(27,28)25-8-10-29-11-9-25)13-19(20)24-21(26)30-14-15-12-16(22)3-5-18(15)23/h3-6,12-13H,2,7-11,14H2,1H3. The second-order valence-corrected chi connectivity index (χ2v) is 10.1. The largest absolute Gasteiger partial charge is 0.379 e. The Hall–Kier alpha value is -2.01. The summed E-state index contributed by atoms with van der Waals surface area (Å²) < 4.78 is 62.1. The number of rotatable bonds is 7. The van der Waals surface area contributed by atoms with Crippen molar-refractivity contribution in [3.8, 4) is 0 Å². The molecule has 0 radical (unpaired) electrons. The zero-order valence-electron chi connectivity index (χ0n) is 17.1. The topological polar surface area (TPSA) is 64.4 Å². The van der Waals surface area contributed by atoms with Gasteiger partial charge in [-0.25, -0.2) is 22.2 Å². The third-order valence-corrected chi connectivity index (χ3v) is 8.02. The highest BCUT2D eigenvalue weighted by Gasteiger charge is 2.27. The van der Waals surface area contributed by atoms with Crippen molar-refractivity contribution < 1.29 is 21.9 Å². The molecular formula is C21H23F2N3O3S2. The van der Waals surface area contributed by atoms with Gasteiger partial charge in [-0.1, -0.05) is 18.7 Å². The predicted molar refractivity (Wildman–Crippen MR) is 116 cm³/mol. The minimum absolute atomic E-state index is 0.191. The molecule has 1 aliphatic rings. The van der Waals surface area contributed by atoms with E-state index in [1.807, 2.05) is 11.5 Å². The third-order valence-electron chi connectivity index (χ3n) is 5.10. The van der Waals surface area contributed by atoms with Crippen LogP contribution in [0.3, 0.4) is 0 Å². The molecule has 2 heterocycles. The van der Waals surface area contributed by atoms with Gasteiger partial charge in [0, 0.05) is 31.0 Å². The Bertz CT molecular complexity index is 1190. The van der Waals surface area contributed by atoms with E-state index in [1.54, 1.807) is 18.2 Å². The lowest BCUT2D eigenvalue weighted by molar-refractivity contribution is 0.0730.